The van der Waals surface area contributed by atoms with Crippen molar-refractivity contribution < 1.29 is 9.53 Å². The second-order valence-electron chi connectivity index (χ2n) is 7.68. The number of carbonyl (C=O) groups is 1. The van der Waals surface area contributed by atoms with Gasteiger partial charge in [0.1, 0.15) is 17.2 Å². The maximum Gasteiger partial charge on any atom is 0.180 e. The number of nitrogens with zero attached hydrogens (tertiary/aromatic N) is 3. The van der Waals surface area contributed by atoms with E-state index in [1.165, 1.54) is 0 Å². The van der Waals surface area contributed by atoms with Crippen LogP contribution in [0.2, 0.25) is 0 Å². The van der Waals surface area contributed by atoms with Crippen molar-refractivity contribution >= 4 is 5.78 Å². The number of para-hydroxylation sites is 2. The smallest absolute Gasteiger partial charge is 0.180 e. The average molecular weight is 384 g/mol. The van der Waals surface area contributed by atoms with E-state index in [1.54, 1.807) is 6.07 Å². The first kappa shape index (κ1) is 17.5. The molecule has 2 fully saturated rings. The molecule has 3 atom stereocenters. The number of piperidine rings is 1. The van der Waals surface area contributed by atoms with Crippen molar-refractivity contribution in [2.45, 2.75) is 18.9 Å². The lowest BCUT2D eigenvalue weighted by Crippen LogP contribution is -2.21. The molecule has 6 nitrogen and oxygen atoms in total. The van der Waals surface area contributed by atoms with Crippen LogP contribution in [-0.4, -0.2) is 33.5 Å². The number of carbonyl (C=O) groups excluding carboxylic acids is 1. The summed E-state index contributed by atoms with van der Waals surface area (Å²) in [5, 5.41) is 16.4. The number of nitrogens with one attached hydrogen (secondary N) is 1. The summed E-state index contributed by atoms with van der Waals surface area (Å²) in [6.07, 6.45) is 3.72. The number of likely N-dealkylation sites (tertiary alicyclic amines) is 1. The van der Waals surface area contributed by atoms with E-state index in [1.807, 2.05) is 59.5 Å². The van der Waals surface area contributed by atoms with Gasteiger partial charge in [-0.25, -0.2) is 0 Å². The summed E-state index contributed by atoms with van der Waals surface area (Å²) < 4.78 is 6.01. The highest BCUT2D eigenvalue weighted by Gasteiger charge is 2.53. The lowest BCUT2D eigenvalue weighted by molar-refractivity contribution is 0.0952. The van der Waals surface area contributed by atoms with Gasteiger partial charge in [0.05, 0.1) is 5.69 Å². The van der Waals surface area contributed by atoms with E-state index in [9.17, 15) is 4.79 Å². The lowest BCUT2D eigenvalue weighted by atomic mass is 9.97. The molecule has 1 aliphatic carbocycles. The molecule has 0 amide bonds. The largest absolute Gasteiger partial charge is 0.457 e. The van der Waals surface area contributed by atoms with Gasteiger partial charge in [0.2, 0.25) is 0 Å². The molecule has 144 valence electrons. The molecule has 2 aromatic carbocycles. The number of aromatic amines is 1. The van der Waals surface area contributed by atoms with Gasteiger partial charge in [0.25, 0.3) is 0 Å². The van der Waals surface area contributed by atoms with Gasteiger partial charge in [-0.3, -0.25) is 9.89 Å². The van der Waals surface area contributed by atoms with Crippen molar-refractivity contribution in [3.05, 3.63) is 66.4 Å². The zero-order chi connectivity index (χ0) is 19.8. The van der Waals surface area contributed by atoms with Crippen LogP contribution in [0.4, 0.5) is 0 Å². The molecule has 3 aromatic rings. The molecule has 2 heterocycles. The van der Waals surface area contributed by atoms with Crippen LogP contribution in [0.25, 0.3) is 11.3 Å². The van der Waals surface area contributed by atoms with Crippen molar-refractivity contribution in [1.82, 2.24) is 15.1 Å². The fraction of sp³-hybridized carbons (Fsp3) is 0.261. The van der Waals surface area contributed by atoms with Crippen LogP contribution in [0.1, 0.15) is 23.3 Å². The monoisotopic (exact) mass is 384 g/mol. The number of hydrogen-bond donors (Lipinski definition) is 1. The topological polar surface area (TPSA) is 82.0 Å². The first-order valence-electron chi connectivity index (χ1n) is 9.80. The number of rotatable bonds is 6. The third kappa shape index (κ3) is 3.36. The van der Waals surface area contributed by atoms with Crippen molar-refractivity contribution in [3.63, 3.8) is 0 Å². The Kier molecular flexibility index (Phi) is 4.28. The number of nitriles is 1. The lowest BCUT2D eigenvalue weighted by Gasteiger charge is -2.13. The Morgan fingerprint density at radius 1 is 1.21 bits per heavy atom. The van der Waals surface area contributed by atoms with E-state index in [0.29, 0.717) is 42.1 Å². The first-order valence-corrected chi connectivity index (χ1v) is 9.80. The normalized spacial score (nSPS) is 22.0. The zero-order valence-corrected chi connectivity index (χ0v) is 15.8. The highest BCUT2D eigenvalue weighted by molar-refractivity contribution is 5.95. The van der Waals surface area contributed by atoms with Crippen LogP contribution in [-0.2, 0) is 0 Å². The van der Waals surface area contributed by atoms with Gasteiger partial charge >= 0.3 is 0 Å². The molecule has 1 saturated heterocycles. The third-order valence-corrected chi connectivity index (χ3v) is 5.83. The van der Waals surface area contributed by atoms with E-state index < -0.39 is 0 Å². The van der Waals surface area contributed by atoms with Gasteiger partial charge in [-0.1, -0.05) is 30.3 Å². The van der Waals surface area contributed by atoms with Gasteiger partial charge in [0.15, 0.2) is 12.0 Å². The van der Waals surface area contributed by atoms with Gasteiger partial charge < -0.3 is 9.64 Å². The number of Topliss-reactive ketones (excluding diaryl/α,β-unsaturated/α-hetero) is 1. The summed E-state index contributed by atoms with van der Waals surface area (Å²) in [5.41, 5.74) is 2.00. The highest BCUT2D eigenvalue weighted by Crippen LogP contribution is 2.49. The van der Waals surface area contributed by atoms with E-state index in [4.69, 9.17) is 10.00 Å². The van der Waals surface area contributed by atoms with Crippen LogP contribution in [0.15, 0.2) is 60.7 Å². The maximum absolute atomic E-state index is 12.8. The summed E-state index contributed by atoms with van der Waals surface area (Å²) in [4.78, 5) is 14.6. The van der Waals surface area contributed by atoms with Crippen molar-refractivity contribution in [2.24, 2.45) is 11.8 Å². The maximum atomic E-state index is 12.8. The van der Waals surface area contributed by atoms with Gasteiger partial charge in [0, 0.05) is 24.6 Å². The summed E-state index contributed by atoms with van der Waals surface area (Å²) in [6.45, 7) is 0.687. The zero-order valence-electron chi connectivity index (χ0n) is 15.8. The molecule has 1 N–H and O–H groups in total. The molecule has 1 saturated carbocycles. The molecule has 0 spiro atoms. The molecule has 1 aliphatic heterocycles. The molecule has 0 bridgehead atoms. The molecular weight excluding hydrogens is 364 g/mol. The fourth-order valence-corrected chi connectivity index (χ4v) is 4.25. The second-order valence-corrected chi connectivity index (χ2v) is 7.68. The van der Waals surface area contributed by atoms with Gasteiger partial charge in [-0.15, -0.1) is 0 Å². The number of fused-ring (bicyclic) bond motifs is 1. The first-order chi connectivity index (χ1) is 14.2. The molecule has 6 heteroatoms. The minimum atomic E-state index is 0.0423. The molecular formula is C23H20N4O2. The van der Waals surface area contributed by atoms with Crippen molar-refractivity contribution in [1.29, 1.82) is 5.26 Å². The quantitative estimate of drug-likeness (QED) is 0.508. The van der Waals surface area contributed by atoms with Crippen molar-refractivity contribution in [2.75, 3.05) is 6.54 Å². The minimum Gasteiger partial charge on any atom is -0.457 e. The molecule has 29 heavy (non-hydrogen) atoms. The van der Waals surface area contributed by atoms with Crippen LogP contribution in [0, 0.1) is 23.3 Å². The van der Waals surface area contributed by atoms with E-state index in [2.05, 4.69) is 16.4 Å². The Hall–Kier alpha value is -3.59. The number of hydrogen-bond acceptors (Lipinski definition) is 5. The fourth-order valence-electron chi connectivity index (χ4n) is 4.25. The predicted molar refractivity (Wildman–Crippen MR) is 107 cm³/mol. The van der Waals surface area contributed by atoms with Crippen LogP contribution in [0.3, 0.4) is 0 Å². The Labute approximate surface area is 168 Å². The van der Waals surface area contributed by atoms with Crippen LogP contribution < -0.4 is 4.74 Å². The van der Waals surface area contributed by atoms with Crippen molar-refractivity contribution in [3.8, 4) is 28.9 Å². The third-order valence-electron chi connectivity index (χ3n) is 5.83. The number of ketones is 1. The number of ether oxygens (including phenoxy) is 1. The summed E-state index contributed by atoms with van der Waals surface area (Å²) in [7, 11) is 0. The van der Waals surface area contributed by atoms with Gasteiger partial charge in [-0.05, 0) is 48.6 Å². The molecule has 0 unspecified atom stereocenters. The Balaban J connectivity index is 1.33. The van der Waals surface area contributed by atoms with Crippen LogP contribution >= 0.6 is 0 Å². The van der Waals surface area contributed by atoms with E-state index in [0.717, 1.165) is 17.7 Å². The average Bonchev–Trinajstić information content (AvgIpc) is 3.25. The molecule has 0 radical (unpaired) electrons. The standard InChI is InChI=1S/C23H20N4O2/c24-14-27-13-15(18-11-21(18)27)10-22(28)20-12-19(25-26-20)17-8-4-5-9-23(17)29-16-6-2-1-3-7-16/h1-9,12,15,18,21H,10-11,13H2,(H,25,26)/t15-,18-,21-/m1/s1. The molecule has 5 rings (SSSR count). The predicted octanol–water partition coefficient (Wildman–Crippen LogP) is 4.24. The molecule has 2 aliphatic rings. The minimum absolute atomic E-state index is 0.0423. The Morgan fingerprint density at radius 2 is 2.00 bits per heavy atom. The summed E-state index contributed by atoms with van der Waals surface area (Å²) in [5.74, 6) is 2.22. The summed E-state index contributed by atoms with van der Waals surface area (Å²) >= 11 is 0. The Morgan fingerprint density at radius 3 is 2.79 bits per heavy atom. The second kappa shape index (κ2) is 7.10. The summed E-state index contributed by atoms with van der Waals surface area (Å²) in [6, 6.07) is 19.4. The van der Waals surface area contributed by atoms with E-state index in [-0.39, 0.29) is 11.7 Å². The van der Waals surface area contributed by atoms with Crippen LogP contribution in [0.5, 0.6) is 11.5 Å². The van der Waals surface area contributed by atoms with E-state index >= 15 is 0 Å². The SMILES string of the molecule is N#CN1C[C@@H](CC(=O)c2cc(-c3ccccc3Oc3ccccc3)n[nH]2)[C@H]2C[C@H]21. The number of aromatic nitrogens is 2. The van der Waals surface area contributed by atoms with Gasteiger partial charge in [-0.2, -0.15) is 10.4 Å². The molecule has 1 aromatic heterocycles. The number of H-pyrrole nitrogens is 1. The highest BCUT2D eigenvalue weighted by atomic mass is 16.5. The Bertz CT molecular complexity index is 1090. The number of benzene rings is 2.